The predicted molar refractivity (Wildman–Crippen MR) is 68.4 cm³/mol. The highest BCUT2D eigenvalue weighted by molar-refractivity contribution is 6.36. The standard InChI is InChI=1S/C11H9Cl3N2/c12-4-6-16-11(3-5-15-16)9-2-1-8(13)7-10(9)14/h1-3,5,7H,4,6H2. The highest BCUT2D eigenvalue weighted by Gasteiger charge is 2.09. The molecule has 1 aromatic heterocycles. The Morgan fingerprint density at radius 3 is 2.69 bits per heavy atom. The van der Waals surface area contributed by atoms with E-state index < -0.39 is 0 Å². The highest BCUT2D eigenvalue weighted by Crippen LogP contribution is 2.29. The lowest BCUT2D eigenvalue weighted by Gasteiger charge is -2.07. The van der Waals surface area contributed by atoms with Crippen LogP contribution in [0.25, 0.3) is 11.3 Å². The molecule has 0 aliphatic carbocycles. The van der Waals surface area contributed by atoms with Gasteiger partial charge in [0, 0.05) is 22.7 Å². The van der Waals surface area contributed by atoms with Crippen molar-refractivity contribution in [1.29, 1.82) is 0 Å². The molecule has 2 aromatic rings. The highest BCUT2D eigenvalue weighted by atomic mass is 35.5. The van der Waals surface area contributed by atoms with Crippen LogP contribution in [-0.2, 0) is 6.54 Å². The van der Waals surface area contributed by atoms with Gasteiger partial charge in [0.05, 0.1) is 17.3 Å². The summed E-state index contributed by atoms with van der Waals surface area (Å²) in [7, 11) is 0. The van der Waals surface area contributed by atoms with E-state index in [1.807, 2.05) is 16.8 Å². The maximum atomic E-state index is 6.13. The second-order valence-corrected chi connectivity index (χ2v) is 4.47. The molecule has 0 saturated carbocycles. The molecule has 0 aliphatic heterocycles. The van der Waals surface area contributed by atoms with Gasteiger partial charge in [-0.25, -0.2) is 0 Å². The molecule has 1 aromatic carbocycles. The Balaban J connectivity index is 2.46. The van der Waals surface area contributed by atoms with E-state index in [-0.39, 0.29) is 0 Å². The fourth-order valence-corrected chi connectivity index (χ4v) is 2.18. The minimum absolute atomic E-state index is 0.514. The Kier molecular flexibility index (Phi) is 3.74. The Bertz CT molecular complexity index is 494. The lowest BCUT2D eigenvalue weighted by atomic mass is 10.1. The quantitative estimate of drug-likeness (QED) is 0.771. The summed E-state index contributed by atoms with van der Waals surface area (Å²) in [5, 5.41) is 5.42. The predicted octanol–water partition coefficient (Wildman–Crippen LogP) is 4.10. The van der Waals surface area contributed by atoms with Crippen LogP contribution in [0.2, 0.25) is 10.0 Å². The molecule has 0 bridgehead atoms. The van der Waals surface area contributed by atoms with Gasteiger partial charge in [-0.3, -0.25) is 4.68 Å². The van der Waals surface area contributed by atoms with Crippen LogP contribution in [0.15, 0.2) is 30.5 Å². The summed E-state index contributed by atoms with van der Waals surface area (Å²) in [5.41, 5.74) is 1.86. The zero-order valence-corrected chi connectivity index (χ0v) is 10.6. The molecule has 2 rings (SSSR count). The summed E-state index contributed by atoms with van der Waals surface area (Å²) in [6, 6.07) is 7.31. The van der Waals surface area contributed by atoms with Crippen LogP contribution >= 0.6 is 34.8 Å². The molecule has 0 saturated heterocycles. The van der Waals surface area contributed by atoms with Crippen LogP contribution < -0.4 is 0 Å². The number of halogens is 3. The van der Waals surface area contributed by atoms with Gasteiger partial charge in [0.2, 0.25) is 0 Å². The van der Waals surface area contributed by atoms with Crippen LogP contribution in [0.5, 0.6) is 0 Å². The van der Waals surface area contributed by atoms with Crippen molar-refractivity contribution in [3.8, 4) is 11.3 Å². The molecule has 0 aliphatic rings. The number of rotatable bonds is 3. The van der Waals surface area contributed by atoms with Crippen molar-refractivity contribution in [2.75, 3.05) is 5.88 Å². The normalized spacial score (nSPS) is 10.7. The maximum absolute atomic E-state index is 6.13. The molecule has 0 N–H and O–H groups in total. The Hall–Kier alpha value is -0.700. The fourth-order valence-electron chi connectivity index (χ4n) is 1.52. The molecule has 0 fully saturated rings. The zero-order chi connectivity index (χ0) is 11.5. The van der Waals surface area contributed by atoms with Crippen LogP contribution in [-0.4, -0.2) is 15.7 Å². The number of benzene rings is 1. The van der Waals surface area contributed by atoms with Crippen molar-refractivity contribution in [2.24, 2.45) is 0 Å². The average molecular weight is 276 g/mol. The summed E-state index contributed by atoms with van der Waals surface area (Å²) >= 11 is 17.7. The maximum Gasteiger partial charge on any atom is 0.0697 e. The molecule has 0 radical (unpaired) electrons. The third kappa shape index (κ3) is 2.34. The minimum atomic E-state index is 0.514. The summed E-state index contributed by atoms with van der Waals surface area (Å²) < 4.78 is 1.82. The van der Waals surface area contributed by atoms with E-state index >= 15 is 0 Å². The number of aromatic nitrogens is 2. The number of hydrogen-bond donors (Lipinski definition) is 0. The molecule has 16 heavy (non-hydrogen) atoms. The summed E-state index contributed by atoms with van der Waals surface area (Å²) in [6.45, 7) is 0.656. The van der Waals surface area contributed by atoms with E-state index in [1.165, 1.54) is 0 Å². The van der Waals surface area contributed by atoms with Gasteiger partial charge < -0.3 is 0 Å². The molecule has 5 heteroatoms. The van der Waals surface area contributed by atoms with Crippen molar-refractivity contribution < 1.29 is 0 Å². The van der Waals surface area contributed by atoms with Crippen LogP contribution in [0.3, 0.4) is 0 Å². The van der Waals surface area contributed by atoms with E-state index in [9.17, 15) is 0 Å². The van der Waals surface area contributed by atoms with Crippen LogP contribution in [0.1, 0.15) is 0 Å². The lowest BCUT2D eigenvalue weighted by molar-refractivity contribution is 0.671. The third-order valence-electron chi connectivity index (χ3n) is 2.22. The lowest BCUT2D eigenvalue weighted by Crippen LogP contribution is -2.03. The molecule has 0 atom stereocenters. The molecule has 1 heterocycles. The minimum Gasteiger partial charge on any atom is -0.264 e. The first-order valence-corrected chi connectivity index (χ1v) is 6.04. The number of aryl methyl sites for hydroxylation is 1. The SMILES string of the molecule is ClCCn1nccc1-c1ccc(Cl)cc1Cl. The van der Waals surface area contributed by atoms with Crippen molar-refractivity contribution in [1.82, 2.24) is 9.78 Å². The van der Waals surface area contributed by atoms with E-state index in [2.05, 4.69) is 5.10 Å². The Morgan fingerprint density at radius 1 is 1.19 bits per heavy atom. The van der Waals surface area contributed by atoms with Crippen molar-refractivity contribution in [2.45, 2.75) is 6.54 Å². The van der Waals surface area contributed by atoms with Gasteiger partial charge in [0.25, 0.3) is 0 Å². The van der Waals surface area contributed by atoms with Crippen molar-refractivity contribution >= 4 is 34.8 Å². The molecule has 0 spiro atoms. The monoisotopic (exact) mass is 274 g/mol. The van der Waals surface area contributed by atoms with Gasteiger partial charge in [-0.05, 0) is 24.3 Å². The van der Waals surface area contributed by atoms with Gasteiger partial charge in [0.15, 0.2) is 0 Å². The molecule has 0 amide bonds. The summed E-state index contributed by atoms with van der Waals surface area (Å²) in [6.07, 6.45) is 1.73. The van der Waals surface area contributed by atoms with Gasteiger partial charge in [0.1, 0.15) is 0 Å². The van der Waals surface area contributed by atoms with Gasteiger partial charge in [-0.1, -0.05) is 23.2 Å². The Morgan fingerprint density at radius 2 is 2.00 bits per heavy atom. The van der Waals surface area contributed by atoms with Gasteiger partial charge in [-0.15, -0.1) is 11.6 Å². The topological polar surface area (TPSA) is 17.8 Å². The molecular weight excluding hydrogens is 266 g/mol. The molecular formula is C11H9Cl3N2. The molecule has 0 unspecified atom stereocenters. The van der Waals surface area contributed by atoms with Gasteiger partial charge >= 0.3 is 0 Å². The van der Waals surface area contributed by atoms with E-state index in [1.54, 1.807) is 18.3 Å². The first-order valence-electron chi connectivity index (χ1n) is 4.75. The zero-order valence-electron chi connectivity index (χ0n) is 8.33. The first kappa shape index (κ1) is 11.8. The second kappa shape index (κ2) is 5.09. The average Bonchev–Trinajstić information content (AvgIpc) is 2.67. The third-order valence-corrected chi connectivity index (χ3v) is 2.94. The molecule has 84 valence electrons. The fraction of sp³-hybridized carbons (Fsp3) is 0.182. The van der Waals surface area contributed by atoms with E-state index in [0.29, 0.717) is 22.5 Å². The number of nitrogens with zero attached hydrogens (tertiary/aromatic N) is 2. The molecule has 2 nitrogen and oxygen atoms in total. The van der Waals surface area contributed by atoms with Crippen molar-refractivity contribution in [3.63, 3.8) is 0 Å². The van der Waals surface area contributed by atoms with Crippen LogP contribution in [0.4, 0.5) is 0 Å². The number of alkyl halides is 1. The van der Waals surface area contributed by atoms with Crippen LogP contribution in [0, 0.1) is 0 Å². The van der Waals surface area contributed by atoms with Crippen molar-refractivity contribution in [3.05, 3.63) is 40.5 Å². The van der Waals surface area contributed by atoms with E-state index in [4.69, 9.17) is 34.8 Å². The second-order valence-electron chi connectivity index (χ2n) is 3.25. The summed E-state index contributed by atoms with van der Waals surface area (Å²) in [4.78, 5) is 0. The first-order chi connectivity index (χ1) is 7.72. The summed E-state index contributed by atoms with van der Waals surface area (Å²) in [5.74, 6) is 0.514. The van der Waals surface area contributed by atoms with E-state index in [0.717, 1.165) is 11.3 Å². The largest absolute Gasteiger partial charge is 0.264 e. The van der Waals surface area contributed by atoms with Gasteiger partial charge in [-0.2, -0.15) is 5.10 Å². The smallest absolute Gasteiger partial charge is 0.0697 e. The number of hydrogen-bond acceptors (Lipinski definition) is 1. The Labute approximate surface area is 109 Å².